The molecular weight excluding hydrogens is 276 g/mol. The summed E-state index contributed by atoms with van der Waals surface area (Å²) in [4.78, 5) is 21.0. The number of allylic oxidation sites excluding steroid dienone is 4. The molecule has 22 heavy (non-hydrogen) atoms. The summed E-state index contributed by atoms with van der Waals surface area (Å²) in [6.45, 7) is 0. The fourth-order valence-corrected chi connectivity index (χ4v) is 2.16. The van der Waals surface area contributed by atoms with E-state index in [1.807, 2.05) is 0 Å². The third kappa shape index (κ3) is 16.7. The van der Waals surface area contributed by atoms with Crippen LogP contribution in [0.5, 0.6) is 0 Å². The molecular formula is C19H32O3. The van der Waals surface area contributed by atoms with Crippen molar-refractivity contribution >= 4 is 12.3 Å². The zero-order chi connectivity index (χ0) is 16.3. The van der Waals surface area contributed by atoms with E-state index in [4.69, 9.17) is 0 Å². The summed E-state index contributed by atoms with van der Waals surface area (Å²) in [5, 5.41) is 0. The molecule has 0 spiro atoms. The summed E-state index contributed by atoms with van der Waals surface area (Å²) >= 11 is 0. The smallest absolute Gasteiger partial charge is 0.305 e. The van der Waals surface area contributed by atoms with Gasteiger partial charge in [0.2, 0.25) is 0 Å². The van der Waals surface area contributed by atoms with Crippen LogP contribution in [0.1, 0.15) is 77.0 Å². The molecule has 0 unspecified atom stereocenters. The molecule has 0 aromatic carbocycles. The molecule has 0 rings (SSSR count). The maximum Gasteiger partial charge on any atom is 0.305 e. The second-order valence-corrected chi connectivity index (χ2v) is 5.51. The number of aldehydes is 1. The third-order valence-corrected chi connectivity index (χ3v) is 3.53. The van der Waals surface area contributed by atoms with Crippen LogP contribution < -0.4 is 0 Å². The number of esters is 1. The first-order chi connectivity index (χ1) is 10.8. The van der Waals surface area contributed by atoms with E-state index >= 15 is 0 Å². The second-order valence-electron chi connectivity index (χ2n) is 5.51. The van der Waals surface area contributed by atoms with Gasteiger partial charge in [-0.3, -0.25) is 4.79 Å². The van der Waals surface area contributed by atoms with Crippen LogP contribution in [-0.2, 0) is 14.3 Å². The molecule has 0 N–H and O–H groups in total. The number of carbonyl (C=O) groups is 2. The zero-order valence-electron chi connectivity index (χ0n) is 14.1. The molecule has 0 saturated heterocycles. The van der Waals surface area contributed by atoms with Gasteiger partial charge in [0, 0.05) is 12.8 Å². The van der Waals surface area contributed by atoms with Crippen LogP contribution >= 0.6 is 0 Å². The molecule has 0 amide bonds. The van der Waals surface area contributed by atoms with Gasteiger partial charge < -0.3 is 9.53 Å². The van der Waals surface area contributed by atoms with Crippen molar-refractivity contribution in [2.24, 2.45) is 0 Å². The number of ether oxygens (including phenoxy) is 1. The quantitative estimate of drug-likeness (QED) is 0.182. The largest absolute Gasteiger partial charge is 0.469 e. The fourth-order valence-electron chi connectivity index (χ4n) is 2.16. The SMILES string of the molecule is COC(=O)CCCCCCC/C=C\C/C=C\CCCCC=O. The normalized spacial score (nSPS) is 11.3. The Hall–Kier alpha value is -1.38. The maximum atomic E-state index is 10.9. The number of hydrogen-bond donors (Lipinski definition) is 0. The van der Waals surface area contributed by atoms with E-state index in [0.717, 1.165) is 51.2 Å². The number of carbonyl (C=O) groups excluding carboxylic acids is 2. The van der Waals surface area contributed by atoms with Crippen molar-refractivity contribution < 1.29 is 14.3 Å². The maximum absolute atomic E-state index is 10.9. The van der Waals surface area contributed by atoms with Crippen LogP contribution in [0.25, 0.3) is 0 Å². The molecule has 3 nitrogen and oxygen atoms in total. The Morgan fingerprint density at radius 3 is 1.95 bits per heavy atom. The lowest BCUT2D eigenvalue weighted by molar-refractivity contribution is -0.140. The number of rotatable bonds is 15. The van der Waals surface area contributed by atoms with E-state index < -0.39 is 0 Å². The fraction of sp³-hybridized carbons (Fsp3) is 0.684. The molecule has 0 aromatic rings. The summed E-state index contributed by atoms with van der Waals surface area (Å²) in [7, 11) is 1.44. The van der Waals surface area contributed by atoms with E-state index in [2.05, 4.69) is 29.0 Å². The molecule has 0 aromatic heterocycles. The molecule has 0 aliphatic heterocycles. The summed E-state index contributed by atoms with van der Waals surface area (Å²) in [5.41, 5.74) is 0. The molecule has 0 bridgehead atoms. The van der Waals surface area contributed by atoms with Crippen LogP contribution in [-0.4, -0.2) is 19.4 Å². The highest BCUT2D eigenvalue weighted by Crippen LogP contribution is 2.08. The van der Waals surface area contributed by atoms with E-state index in [-0.39, 0.29) is 5.97 Å². The van der Waals surface area contributed by atoms with Gasteiger partial charge >= 0.3 is 5.97 Å². The Labute approximate surface area is 135 Å². The molecule has 0 atom stereocenters. The van der Waals surface area contributed by atoms with Crippen LogP contribution in [0.15, 0.2) is 24.3 Å². The van der Waals surface area contributed by atoms with Gasteiger partial charge in [0.15, 0.2) is 0 Å². The van der Waals surface area contributed by atoms with Crippen molar-refractivity contribution in [2.75, 3.05) is 7.11 Å². The van der Waals surface area contributed by atoms with Crippen molar-refractivity contribution in [1.29, 1.82) is 0 Å². The Morgan fingerprint density at radius 1 is 0.773 bits per heavy atom. The molecule has 0 heterocycles. The van der Waals surface area contributed by atoms with Crippen LogP contribution in [0, 0.1) is 0 Å². The van der Waals surface area contributed by atoms with Gasteiger partial charge in [-0.1, -0.05) is 43.6 Å². The van der Waals surface area contributed by atoms with Gasteiger partial charge in [0.1, 0.15) is 6.29 Å². The molecule has 0 aliphatic rings. The van der Waals surface area contributed by atoms with Gasteiger partial charge in [-0.15, -0.1) is 0 Å². The third-order valence-electron chi connectivity index (χ3n) is 3.53. The van der Waals surface area contributed by atoms with Crippen molar-refractivity contribution in [3.05, 3.63) is 24.3 Å². The van der Waals surface area contributed by atoms with Crippen LogP contribution in [0.4, 0.5) is 0 Å². The second kappa shape index (κ2) is 17.7. The molecule has 0 fully saturated rings. The highest BCUT2D eigenvalue weighted by Gasteiger charge is 1.98. The number of methoxy groups -OCH3 is 1. The lowest BCUT2D eigenvalue weighted by Crippen LogP contribution is -1.98. The first-order valence-electron chi connectivity index (χ1n) is 8.61. The van der Waals surface area contributed by atoms with Gasteiger partial charge in [-0.2, -0.15) is 0 Å². The Balaban J connectivity index is 3.22. The monoisotopic (exact) mass is 308 g/mol. The highest BCUT2D eigenvalue weighted by molar-refractivity contribution is 5.68. The lowest BCUT2D eigenvalue weighted by Gasteiger charge is -1.99. The molecule has 3 heteroatoms. The van der Waals surface area contributed by atoms with Gasteiger partial charge in [0.05, 0.1) is 7.11 Å². The Morgan fingerprint density at radius 2 is 1.32 bits per heavy atom. The molecule has 0 saturated carbocycles. The van der Waals surface area contributed by atoms with Crippen molar-refractivity contribution in [1.82, 2.24) is 0 Å². The minimum absolute atomic E-state index is 0.0975. The standard InChI is InChI=1S/C19H32O3/c1-22-19(21)17-15-13-11-9-7-5-3-2-4-6-8-10-12-14-16-18-20/h2-3,6,8,18H,4-5,7,9-17H2,1H3/b3-2-,8-6-. The average Bonchev–Trinajstić information content (AvgIpc) is 2.54. The van der Waals surface area contributed by atoms with Crippen molar-refractivity contribution in [2.45, 2.75) is 77.0 Å². The summed E-state index contributed by atoms with van der Waals surface area (Å²) < 4.78 is 4.61. The van der Waals surface area contributed by atoms with E-state index in [1.165, 1.54) is 26.4 Å². The van der Waals surface area contributed by atoms with Crippen LogP contribution in [0.3, 0.4) is 0 Å². The first kappa shape index (κ1) is 20.6. The van der Waals surface area contributed by atoms with E-state index in [1.54, 1.807) is 0 Å². The summed E-state index contributed by atoms with van der Waals surface area (Å²) in [5.74, 6) is -0.0975. The number of unbranched alkanes of at least 4 members (excludes halogenated alkanes) is 8. The molecule has 0 aliphatic carbocycles. The highest BCUT2D eigenvalue weighted by atomic mass is 16.5. The van der Waals surface area contributed by atoms with Gasteiger partial charge in [-0.05, 0) is 44.9 Å². The minimum atomic E-state index is -0.0975. The minimum Gasteiger partial charge on any atom is -0.469 e. The predicted molar refractivity (Wildman–Crippen MR) is 91.8 cm³/mol. The number of hydrogen-bond acceptors (Lipinski definition) is 3. The van der Waals surface area contributed by atoms with Crippen molar-refractivity contribution in [3.63, 3.8) is 0 Å². The van der Waals surface area contributed by atoms with Gasteiger partial charge in [0.25, 0.3) is 0 Å². The lowest BCUT2D eigenvalue weighted by atomic mass is 10.1. The molecule has 126 valence electrons. The van der Waals surface area contributed by atoms with Gasteiger partial charge in [-0.25, -0.2) is 0 Å². The summed E-state index contributed by atoms with van der Waals surface area (Å²) in [6.07, 6.45) is 22.2. The van der Waals surface area contributed by atoms with E-state index in [9.17, 15) is 9.59 Å². The Bertz CT molecular complexity index is 319. The average molecular weight is 308 g/mol. The topological polar surface area (TPSA) is 43.4 Å². The first-order valence-corrected chi connectivity index (χ1v) is 8.61. The van der Waals surface area contributed by atoms with E-state index in [0.29, 0.717) is 12.8 Å². The predicted octanol–water partition coefficient (Wildman–Crippen LogP) is 5.15. The summed E-state index contributed by atoms with van der Waals surface area (Å²) in [6, 6.07) is 0. The van der Waals surface area contributed by atoms with Crippen molar-refractivity contribution in [3.8, 4) is 0 Å². The Kier molecular flexibility index (Phi) is 16.6. The zero-order valence-corrected chi connectivity index (χ0v) is 14.1. The molecule has 0 radical (unpaired) electrons. The van der Waals surface area contributed by atoms with Crippen LogP contribution in [0.2, 0.25) is 0 Å².